The number of likely N-dealkylation sites (tertiary alicyclic amines) is 1. The van der Waals surface area contributed by atoms with E-state index in [-0.39, 0.29) is 36.1 Å². The van der Waals surface area contributed by atoms with Gasteiger partial charge in [0.05, 0.1) is 18.8 Å². The first-order chi connectivity index (χ1) is 21.8. The summed E-state index contributed by atoms with van der Waals surface area (Å²) in [5.74, 6) is -1.14. The van der Waals surface area contributed by atoms with Crippen LogP contribution in [0.2, 0.25) is 18.1 Å². The summed E-state index contributed by atoms with van der Waals surface area (Å²) in [6.07, 6.45) is 6.86. The molecule has 0 radical (unpaired) electrons. The van der Waals surface area contributed by atoms with Crippen LogP contribution < -0.4 is 10.6 Å². The van der Waals surface area contributed by atoms with Crippen molar-refractivity contribution in [1.82, 2.24) is 20.4 Å². The minimum Gasteiger partial charge on any atom is -0.465 e. The highest BCUT2D eigenvalue weighted by Gasteiger charge is 2.61. The number of allylic oxidation sites excluding steroid dienone is 1. The first kappa shape index (κ1) is 38.7. The van der Waals surface area contributed by atoms with Crippen molar-refractivity contribution in [3.63, 3.8) is 0 Å². The van der Waals surface area contributed by atoms with Gasteiger partial charge in [-0.2, -0.15) is 0 Å². The molecule has 0 bridgehead atoms. The zero-order valence-electron chi connectivity index (χ0n) is 30.3. The lowest BCUT2D eigenvalue weighted by Crippen LogP contribution is -2.58. The van der Waals surface area contributed by atoms with Crippen LogP contribution >= 0.6 is 0 Å². The van der Waals surface area contributed by atoms with Gasteiger partial charge in [0.15, 0.2) is 8.32 Å². The van der Waals surface area contributed by atoms with Gasteiger partial charge in [-0.3, -0.25) is 19.3 Å². The van der Waals surface area contributed by atoms with E-state index in [1.165, 1.54) is 6.08 Å². The second-order valence-corrected chi connectivity index (χ2v) is 20.6. The normalized spacial score (nSPS) is 25.1. The molecule has 0 unspecified atom stereocenters. The molecule has 47 heavy (non-hydrogen) atoms. The van der Waals surface area contributed by atoms with Gasteiger partial charge in [-0.25, -0.2) is 4.79 Å². The number of carbonyl (C=O) groups is 4. The maximum atomic E-state index is 14.6. The number of ether oxygens (including phenoxy) is 2. The Morgan fingerprint density at radius 3 is 2.30 bits per heavy atom. The summed E-state index contributed by atoms with van der Waals surface area (Å²) in [6, 6.07) is -1.92. The molecule has 0 aromatic rings. The molecule has 1 aliphatic heterocycles. The third-order valence-electron chi connectivity index (χ3n) is 9.78. The van der Waals surface area contributed by atoms with E-state index in [1.54, 1.807) is 32.6 Å². The fraction of sp³-hybridized carbons (Fsp3) is 0.771. The standard InChI is InChI=1S/C35H60N4O7Si/c1-12-15-16-19-38(24-17-18-24)23-26(36-32(43)45-33(4,5)6)30(41)39-22-25(46-47(10,11)34(7,8)9)20-27(39)29(40)37-28-21-35(28,13-2)31(42)44-14-3/h12-13,24-28H,1-2,14-23H2,3-11H3,(H,36,43)(H,37,40)/t25-,26+,27+,28+,35+/m1/s1. The maximum Gasteiger partial charge on any atom is 0.408 e. The van der Waals surface area contributed by atoms with Crippen molar-refractivity contribution in [3.8, 4) is 0 Å². The number of alkyl carbamates (subject to hydrolysis) is 1. The molecule has 2 N–H and O–H groups in total. The SMILES string of the molecule is C=CCCCN(C[C@H](NC(=O)OC(C)(C)C)C(=O)N1C[C@H](O[Si](C)(C)C(C)(C)C)C[C@H]1C(=O)N[C@H]1C[C@]1(C=C)C(=O)OCC)C1CC1. The highest BCUT2D eigenvalue weighted by molar-refractivity contribution is 6.74. The zero-order valence-corrected chi connectivity index (χ0v) is 31.3. The Morgan fingerprint density at radius 1 is 1.11 bits per heavy atom. The van der Waals surface area contributed by atoms with Crippen molar-refractivity contribution in [2.75, 3.05) is 26.2 Å². The summed E-state index contributed by atoms with van der Waals surface area (Å²) in [5.41, 5.74) is -1.73. The van der Waals surface area contributed by atoms with Crippen LogP contribution in [-0.2, 0) is 28.3 Å². The lowest BCUT2D eigenvalue weighted by atomic mass is 10.1. The summed E-state index contributed by atoms with van der Waals surface area (Å²) in [4.78, 5) is 58.1. The first-order valence-corrected chi connectivity index (χ1v) is 20.1. The molecular formula is C35H60N4O7Si. The third-order valence-corrected chi connectivity index (χ3v) is 14.3. The summed E-state index contributed by atoms with van der Waals surface area (Å²) in [6.45, 7) is 27.0. The van der Waals surface area contributed by atoms with Gasteiger partial charge in [0.2, 0.25) is 11.8 Å². The van der Waals surface area contributed by atoms with Gasteiger partial charge < -0.3 is 29.4 Å². The van der Waals surface area contributed by atoms with Crippen LogP contribution in [0.1, 0.15) is 87.0 Å². The molecule has 1 saturated heterocycles. The van der Waals surface area contributed by atoms with Gasteiger partial charge in [-0.05, 0) is 84.5 Å². The molecule has 3 amide bonds. The number of esters is 1. The molecule has 266 valence electrons. The van der Waals surface area contributed by atoms with Crippen LogP contribution in [0.4, 0.5) is 4.79 Å². The van der Waals surface area contributed by atoms with E-state index < -0.39 is 49.5 Å². The highest BCUT2D eigenvalue weighted by atomic mass is 28.4. The highest BCUT2D eigenvalue weighted by Crippen LogP contribution is 2.48. The van der Waals surface area contributed by atoms with Crippen molar-refractivity contribution >= 4 is 32.2 Å². The van der Waals surface area contributed by atoms with E-state index in [4.69, 9.17) is 13.9 Å². The quantitative estimate of drug-likeness (QED) is 0.102. The summed E-state index contributed by atoms with van der Waals surface area (Å²) in [7, 11) is -2.25. The molecule has 0 aromatic carbocycles. The monoisotopic (exact) mass is 676 g/mol. The zero-order chi connectivity index (χ0) is 35.4. The lowest BCUT2D eigenvalue weighted by molar-refractivity contribution is -0.148. The maximum absolute atomic E-state index is 14.6. The fourth-order valence-corrected chi connectivity index (χ4v) is 7.22. The van der Waals surface area contributed by atoms with Crippen molar-refractivity contribution < 1.29 is 33.1 Å². The second kappa shape index (κ2) is 15.2. The molecule has 3 aliphatic rings. The Hall–Kier alpha value is -2.70. The van der Waals surface area contributed by atoms with E-state index in [0.29, 0.717) is 25.4 Å². The van der Waals surface area contributed by atoms with E-state index in [9.17, 15) is 19.2 Å². The fourth-order valence-electron chi connectivity index (χ4n) is 5.87. The average molecular weight is 677 g/mol. The molecule has 1 heterocycles. The van der Waals surface area contributed by atoms with E-state index in [0.717, 1.165) is 32.2 Å². The van der Waals surface area contributed by atoms with Gasteiger partial charge in [0.1, 0.15) is 23.1 Å². The van der Waals surface area contributed by atoms with Crippen LogP contribution in [0.15, 0.2) is 25.3 Å². The summed E-state index contributed by atoms with van der Waals surface area (Å²) >= 11 is 0. The van der Waals surface area contributed by atoms with Crippen LogP contribution in [0, 0.1) is 5.41 Å². The molecule has 11 nitrogen and oxygen atoms in total. The number of hydrogen-bond donors (Lipinski definition) is 2. The predicted octanol–water partition coefficient (Wildman–Crippen LogP) is 4.93. The van der Waals surface area contributed by atoms with E-state index in [2.05, 4.69) is 62.6 Å². The number of unbranched alkanes of at least 4 members (excludes halogenated alkanes) is 1. The van der Waals surface area contributed by atoms with Crippen molar-refractivity contribution in [2.45, 2.75) is 141 Å². The average Bonchev–Trinajstić information content (AvgIpc) is 3.87. The van der Waals surface area contributed by atoms with E-state index >= 15 is 0 Å². The van der Waals surface area contributed by atoms with Crippen molar-refractivity contribution in [2.24, 2.45) is 5.41 Å². The Balaban J connectivity index is 1.90. The minimum atomic E-state index is -2.25. The lowest BCUT2D eigenvalue weighted by Gasteiger charge is -2.38. The molecule has 12 heteroatoms. The summed E-state index contributed by atoms with van der Waals surface area (Å²) < 4.78 is 17.6. The number of nitrogens with one attached hydrogen (secondary N) is 2. The van der Waals surface area contributed by atoms with Crippen LogP contribution in [-0.4, -0.2) is 104 Å². The van der Waals surface area contributed by atoms with E-state index in [1.807, 2.05) is 6.08 Å². The topological polar surface area (TPSA) is 127 Å². The predicted molar refractivity (Wildman–Crippen MR) is 185 cm³/mol. The molecule has 0 spiro atoms. The molecule has 3 rings (SSSR count). The van der Waals surface area contributed by atoms with Crippen molar-refractivity contribution in [3.05, 3.63) is 25.3 Å². The van der Waals surface area contributed by atoms with Crippen molar-refractivity contribution in [1.29, 1.82) is 0 Å². The van der Waals surface area contributed by atoms with Gasteiger partial charge in [0.25, 0.3) is 0 Å². The number of nitrogens with zero attached hydrogens (tertiary/aromatic N) is 2. The van der Waals surface area contributed by atoms with Gasteiger partial charge in [-0.1, -0.05) is 32.9 Å². The third kappa shape index (κ3) is 10.1. The largest absolute Gasteiger partial charge is 0.465 e. The van der Waals surface area contributed by atoms with Crippen LogP contribution in [0.5, 0.6) is 0 Å². The second-order valence-electron chi connectivity index (χ2n) is 15.8. The van der Waals surface area contributed by atoms with Gasteiger partial charge in [-0.15, -0.1) is 13.2 Å². The molecule has 2 saturated carbocycles. The molecule has 3 fully saturated rings. The Kier molecular flexibility index (Phi) is 12.6. The number of carbonyl (C=O) groups excluding carboxylic acids is 4. The van der Waals surface area contributed by atoms with Crippen LogP contribution in [0.25, 0.3) is 0 Å². The Labute approximate surface area is 283 Å². The number of hydrogen-bond acceptors (Lipinski definition) is 8. The minimum absolute atomic E-state index is 0.0730. The molecule has 2 aliphatic carbocycles. The molecule has 5 atom stereocenters. The number of amides is 3. The molecular weight excluding hydrogens is 616 g/mol. The first-order valence-electron chi connectivity index (χ1n) is 17.2. The summed E-state index contributed by atoms with van der Waals surface area (Å²) in [5, 5.41) is 5.79. The number of rotatable bonds is 16. The molecule has 0 aromatic heterocycles. The van der Waals surface area contributed by atoms with Crippen LogP contribution in [0.3, 0.4) is 0 Å². The van der Waals surface area contributed by atoms with Gasteiger partial charge in [0, 0.05) is 25.6 Å². The smallest absolute Gasteiger partial charge is 0.408 e. The Morgan fingerprint density at radius 2 is 1.77 bits per heavy atom. The van der Waals surface area contributed by atoms with Gasteiger partial charge >= 0.3 is 12.1 Å². The Bertz CT molecular complexity index is 1180.